The highest BCUT2D eigenvalue weighted by Crippen LogP contribution is 2.35. The largest absolute Gasteiger partial charge is 0.416 e. The maximum absolute atomic E-state index is 14.5. The third kappa shape index (κ3) is 4.03. The van der Waals surface area contributed by atoms with E-state index < -0.39 is 34.2 Å². The Kier molecular flexibility index (Phi) is 5.37. The molecule has 4 aromatic rings. The smallest absolute Gasteiger partial charge is 0.321 e. The fourth-order valence-electron chi connectivity index (χ4n) is 3.42. The molecule has 1 N–H and O–H groups in total. The van der Waals surface area contributed by atoms with E-state index in [2.05, 4.69) is 4.98 Å². The molecule has 0 unspecified atom stereocenters. The molecule has 7 heteroatoms. The number of nitrogens with zero attached hydrogens (tertiary/aromatic N) is 1. The number of H-pyrrole nitrogens is 1. The summed E-state index contributed by atoms with van der Waals surface area (Å²) in [7, 11) is 0. The van der Waals surface area contributed by atoms with Crippen molar-refractivity contribution in [2.45, 2.75) is 6.18 Å². The van der Waals surface area contributed by atoms with Gasteiger partial charge in [0, 0.05) is 16.8 Å². The Hall–Kier alpha value is -4.18. The summed E-state index contributed by atoms with van der Waals surface area (Å²) in [6.07, 6.45) is -4.70. The summed E-state index contributed by atoms with van der Waals surface area (Å²) in [5, 5.41) is 9.39. The Labute approximate surface area is 180 Å². The number of halogens is 4. The fraction of sp³-hybridized carbons (Fsp3) is 0.0400. The minimum Gasteiger partial charge on any atom is -0.321 e. The number of rotatable bonds is 3. The molecule has 0 aliphatic carbocycles. The predicted octanol–water partition coefficient (Wildman–Crippen LogP) is 6.41. The topological polar surface area (TPSA) is 56.6 Å². The molecule has 0 atom stereocenters. The van der Waals surface area contributed by atoms with Crippen molar-refractivity contribution in [3.05, 3.63) is 106 Å². The molecule has 0 aliphatic heterocycles. The van der Waals surface area contributed by atoms with Gasteiger partial charge in [-0.15, -0.1) is 0 Å². The van der Waals surface area contributed by atoms with Crippen molar-refractivity contribution >= 4 is 0 Å². The van der Waals surface area contributed by atoms with Crippen LogP contribution in [0.2, 0.25) is 0 Å². The van der Waals surface area contributed by atoms with Crippen LogP contribution >= 0.6 is 0 Å². The van der Waals surface area contributed by atoms with Gasteiger partial charge in [0.2, 0.25) is 0 Å². The van der Waals surface area contributed by atoms with E-state index in [1.165, 1.54) is 6.07 Å². The fourth-order valence-corrected chi connectivity index (χ4v) is 3.42. The van der Waals surface area contributed by atoms with Crippen molar-refractivity contribution in [2.75, 3.05) is 0 Å². The summed E-state index contributed by atoms with van der Waals surface area (Å²) >= 11 is 0. The van der Waals surface area contributed by atoms with Gasteiger partial charge in [-0.25, -0.2) is 4.39 Å². The van der Waals surface area contributed by atoms with Gasteiger partial charge in [-0.3, -0.25) is 4.79 Å². The lowest BCUT2D eigenvalue weighted by Crippen LogP contribution is -2.13. The molecule has 0 saturated carbocycles. The van der Waals surface area contributed by atoms with E-state index in [9.17, 15) is 27.6 Å². The van der Waals surface area contributed by atoms with Crippen LogP contribution in [-0.2, 0) is 6.18 Å². The molecule has 1 heterocycles. The third-order valence-electron chi connectivity index (χ3n) is 5.03. The standard InChI is InChI=1S/C25H14F4N2O/c26-22-11-10-18(25(27,28)29)12-20(22)19-13-23(31-24(32)21(19)14-30)17-8-6-16(7-9-17)15-4-2-1-3-5-15/h1-13H,(H,31,32). The van der Waals surface area contributed by atoms with Crippen LogP contribution < -0.4 is 5.56 Å². The van der Waals surface area contributed by atoms with Crippen molar-refractivity contribution in [2.24, 2.45) is 0 Å². The molecule has 0 amide bonds. The van der Waals surface area contributed by atoms with E-state index in [1.807, 2.05) is 42.5 Å². The molecule has 32 heavy (non-hydrogen) atoms. The van der Waals surface area contributed by atoms with Gasteiger partial charge in [0.15, 0.2) is 0 Å². The van der Waals surface area contributed by atoms with E-state index in [0.717, 1.165) is 11.1 Å². The summed E-state index contributed by atoms with van der Waals surface area (Å²) < 4.78 is 53.9. The van der Waals surface area contributed by atoms with Crippen LogP contribution in [0, 0.1) is 17.1 Å². The lowest BCUT2D eigenvalue weighted by atomic mass is 9.96. The Morgan fingerprint density at radius 1 is 0.781 bits per heavy atom. The normalized spacial score (nSPS) is 11.2. The number of alkyl halides is 3. The monoisotopic (exact) mass is 434 g/mol. The zero-order valence-corrected chi connectivity index (χ0v) is 16.4. The van der Waals surface area contributed by atoms with Gasteiger partial charge >= 0.3 is 6.18 Å². The Balaban J connectivity index is 1.85. The summed E-state index contributed by atoms with van der Waals surface area (Å²) in [6.45, 7) is 0. The summed E-state index contributed by atoms with van der Waals surface area (Å²) in [5.41, 5.74) is -0.316. The van der Waals surface area contributed by atoms with Crippen LogP contribution in [-0.4, -0.2) is 4.98 Å². The van der Waals surface area contributed by atoms with Crippen LogP contribution in [0.1, 0.15) is 11.1 Å². The van der Waals surface area contributed by atoms with Crippen LogP contribution in [0.15, 0.2) is 83.7 Å². The molecule has 1 aromatic heterocycles. The first-order valence-corrected chi connectivity index (χ1v) is 9.48. The third-order valence-corrected chi connectivity index (χ3v) is 5.03. The number of aromatic amines is 1. The summed E-state index contributed by atoms with van der Waals surface area (Å²) in [5.74, 6) is -0.967. The molecule has 0 bridgehead atoms. The van der Waals surface area contributed by atoms with Gasteiger partial charge in [0.1, 0.15) is 17.4 Å². The van der Waals surface area contributed by atoms with Gasteiger partial charge in [-0.2, -0.15) is 18.4 Å². The van der Waals surface area contributed by atoms with Gasteiger partial charge in [0.05, 0.1) is 5.56 Å². The zero-order chi connectivity index (χ0) is 22.9. The van der Waals surface area contributed by atoms with Crippen molar-refractivity contribution in [3.8, 4) is 39.6 Å². The molecular weight excluding hydrogens is 420 g/mol. The van der Waals surface area contributed by atoms with E-state index >= 15 is 0 Å². The number of nitriles is 1. The molecule has 0 spiro atoms. The van der Waals surface area contributed by atoms with Crippen LogP contribution in [0.5, 0.6) is 0 Å². The van der Waals surface area contributed by atoms with E-state index in [0.29, 0.717) is 23.8 Å². The molecular formula is C25H14F4N2O. The highest BCUT2D eigenvalue weighted by atomic mass is 19.4. The predicted molar refractivity (Wildman–Crippen MR) is 113 cm³/mol. The Morgan fingerprint density at radius 3 is 2.03 bits per heavy atom. The number of hydrogen-bond acceptors (Lipinski definition) is 2. The Bertz CT molecular complexity index is 1380. The van der Waals surface area contributed by atoms with Gasteiger partial charge < -0.3 is 4.98 Å². The summed E-state index contributed by atoms with van der Waals surface area (Å²) in [6, 6.07) is 21.6. The lowest BCUT2D eigenvalue weighted by Gasteiger charge is -2.12. The molecule has 3 aromatic carbocycles. The first-order valence-electron chi connectivity index (χ1n) is 9.48. The van der Waals surface area contributed by atoms with Crippen LogP contribution in [0.4, 0.5) is 17.6 Å². The SMILES string of the molecule is N#Cc1c(-c2cc(C(F)(F)F)ccc2F)cc(-c2ccc(-c3ccccc3)cc2)[nH]c1=O. The average molecular weight is 434 g/mol. The Morgan fingerprint density at radius 2 is 1.41 bits per heavy atom. The zero-order valence-electron chi connectivity index (χ0n) is 16.4. The van der Waals surface area contributed by atoms with Gasteiger partial charge in [0.25, 0.3) is 5.56 Å². The highest BCUT2D eigenvalue weighted by Gasteiger charge is 2.31. The van der Waals surface area contributed by atoms with Gasteiger partial charge in [-0.05, 0) is 41.0 Å². The maximum atomic E-state index is 14.5. The van der Waals surface area contributed by atoms with E-state index in [1.54, 1.807) is 18.2 Å². The maximum Gasteiger partial charge on any atom is 0.416 e. The molecule has 0 fully saturated rings. The number of nitrogens with one attached hydrogen (secondary N) is 1. The van der Waals surface area contributed by atoms with Crippen molar-refractivity contribution in [3.63, 3.8) is 0 Å². The number of hydrogen-bond donors (Lipinski definition) is 1. The molecule has 3 nitrogen and oxygen atoms in total. The second kappa shape index (κ2) is 8.16. The van der Waals surface area contributed by atoms with Gasteiger partial charge in [-0.1, -0.05) is 54.6 Å². The minimum atomic E-state index is -4.70. The van der Waals surface area contributed by atoms with Crippen LogP contribution in [0.3, 0.4) is 0 Å². The first-order chi connectivity index (χ1) is 15.3. The quantitative estimate of drug-likeness (QED) is 0.379. The average Bonchev–Trinajstić information content (AvgIpc) is 2.79. The minimum absolute atomic E-state index is 0.206. The highest BCUT2D eigenvalue weighted by molar-refractivity contribution is 5.77. The second-order valence-corrected chi connectivity index (χ2v) is 7.05. The molecule has 0 saturated heterocycles. The number of benzene rings is 3. The van der Waals surface area contributed by atoms with Crippen molar-refractivity contribution in [1.29, 1.82) is 5.26 Å². The summed E-state index contributed by atoms with van der Waals surface area (Å²) in [4.78, 5) is 15.1. The second-order valence-electron chi connectivity index (χ2n) is 7.05. The van der Waals surface area contributed by atoms with Crippen LogP contribution in [0.25, 0.3) is 33.5 Å². The van der Waals surface area contributed by atoms with Crippen molar-refractivity contribution < 1.29 is 17.6 Å². The number of aromatic nitrogens is 1. The lowest BCUT2D eigenvalue weighted by molar-refractivity contribution is -0.137. The number of pyridine rings is 1. The van der Waals surface area contributed by atoms with Crippen molar-refractivity contribution in [1.82, 2.24) is 4.98 Å². The van der Waals surface area contributed by atoms with E-state index in [4.69, 9.17) is 0 Å². The molecule has 4 rings (SSSR count). The molecule has 0 radical (unpaired) electrons. The first kappa shape index (κ1) is 21.1. The molecule has 158 valence electrons. The molecule has 0 aliphatic rings. The van der Waals surface area contributed by atoms with E-state index in [-0.39, 0.29) is 11.3 Å².